The molecule has 0 bridgehead atoms. The van der Waals surface area contributed by atoms with E-state index in [1.54, 1.807) is 50.2 Å². The monoisotopic (exact) mass is 270 g/mol. The van der Waals surface area contributed by atoms with Crippen molar-refractivity contribution in [3.63, 3.8) is 0 Å². The molecule has 0 fully saturated rings. The van der Waals surface area contributed by atoms with Crippen molar-refractivity contribution in [2.75, 3.05) is 0 Å². The molecule has 104 valence electrons. The number of aromatic nitrogens is 1. The lowest BCUT2D eigenvalue weighted by molar-refractivity contribution is -0.309. The van der Waals surface area contributed by atoms with Crippen molar-refractivity contribution < 1.29 is 14.7 Å². The molecule has 0 amide bonds. The van der Waals surface area contributed by atoms with Gasteiger partial charge in [-0.25, -0.2) is 0 Å². The number of carboxylic acid groups (broad SMARTS) is 1. The van der Waals surface area contributed by atoms with Gasteiger partial charge in [-0.1, -0.05) is 44.2 Å². The fraction of sp³-hybridized carbons (Fsp3) is 0.250. The summed E-state index contributed by atoms with van der Waals surface area (Å²) in [6.45, 7) is 3.61. The number of carbonyl (C=O) groups excluding carboxylic acids is 2. The van der Waals surface area contributed by atoms with Crippen LogP contribution in [0.1, 0.15) is 41.5 Å². The van der Waals surface area contributed by atoms with E-state index in [9.17, 15) is 14.7 Å². The Balaban J connectivity index is 2.29. The van der Waals surface area contributed by atoms with Crippen LogP contribution in [-0.4, -0.2) is 16.7 Å². The van der Waals surface area contributed by atoms with Crippen molar-refractivity contribution in [1.82, 2.24) is 4.98 Å². The third-order valence-corrected chi connectivity index (χ3v) is 3.24. The van der Waals surface area contributed by atoms with Crippen LogP contribution in [0, 0.1) is 5.92 Å². The van der Waals surface area contributed by atoms with E-state index >= 15 is 0 Å². The molecule has 0 saturated heterocycles. The first-order valence-corrected chi connectivity index (χ1v) is 6.50. The third-order valence-electron chi connectivity index (χ3n) is 3.24. The lowest BCUT2D eigenvalue weighted by atomic mass is 9.93. The summed E-state index contributed by atoms with van der Waals surface area (Å²) in [7, 11) is 0. The van der Waals surface area contributed by atoms with Crippen molar-refractivity contribution in [2.24, 2.45) is 5.92 Å². The zero-order chi connectivity index (χ0) is 14.7. The molecule has 4 nitrogen and oxygen atoms in total. The van der Waals surface area contributed by atoms with E-state index in [1.807, 2.05) is 6.07 Å². The van der Waals surface area contributed by atoms with Gasteiger partial charge in [0.05, 0.1) is 11.7 Å². The second kappa shape index (κ2) is 5.74. The Kier molecular flexibility index (Phi) is 4.03. The molecule has 0 spiro atoms. The number of hydrogen-bond donors (Lipinski definition) is 1. The molecule has 4 heteroatoms. The molecule has 0 radical (unpaired) electrons. The van der Waals surface area contributed by atoms with Gasteiger partial charge in [-0.3, -0.25) is 4.79 Å². The largest absolute Gasteiger partial charge is 0.549 e. The zero-order valence-corrected chi connectivity index (χ0v) is 11.4. The molecule has 2 rings (SSSR count). The van der Waals surface area contributed by atoms with E-state index < -0.39 is 11.9 Å². The maximum Gasteiger partial charge on any atom is 0.209 e. The van der Waals surface area contributed by atoms with Crippen molar-refractivity contribution in [2.45, 2.75) is 19.8 Å². The molecular formula is C16H16NO3-. The van der Waals surface area contributed by atoms with Gasteiger partial charge in [0.15, 0.2) is 0 Å². The van der Waals surface area contributed by atoms with Crippen LogP contribution in [0.4, 0.5) is 0 Å². The van der Waals surface area contributed by atoms with Gasteiger partial charge in [-0.05, 0) is 18.1 Å². The Hall–Kier alpha value is -2.36. The number of rotatable bonds is 5. The van der Waals surface area contributed by atoms with Crippen LogP contribution < -0.4 is 5.11 Å². The number of hydrogen-bond acceptors (Lipinski definition) is 3. The van der Waals surface area contributed by atoms with E-state index in [1.165, 1.54) is 0 Å². The fourth-order valence-electron chi connectivity index (χ4n) is 2.23. The maximum atomic E-state index is 12.2. The molecule has 0 aliphatic carbocycles. The van der Waals surface area contributed by atoms with Crippen LogP contribution >= 0.6 is 0 Å². The number of nitrogens with one attached hydrogen (secondary N) is 1. The highest BCUT2D eigenvalue weighted by molar-refractivity contribution is 6.07. The lowest BCUT2D eigenvalue weighted by Crippen LogP contribution is -2.32. The molecule has 1 N–H and O–H groups in total. The predicted octanol–water partition coefficient (Wildman–Crippen LogP) is 1.74. The topological polar surface area (TPSA) is 73.0 Å². The second-order valence-electron chi connectivity index (χ2n) is 5.06. The summed E-state index contributed by atoms with van der Waals surface area (Å²) in [6.07, 6.45) is 0. The van der Waals surface area contributed by atoms with E-state index in [2.05, 4.69) is 4.98 Å². The maximum absolute atomic E-state index is 12.2. The Morgan fingerprint density at radius 3 is 2.25 bits per heavy atom. The van der Waals surface area contributed by atoms with E-state index in [0.29, 0.717) is 17.0 Å². The highest BCUT2D eigenvalue weighted by Crippen LogP contribution is 2.23. The summed E-state index contributed by atoms with van der Waals surface area (Å²) in [5.74, 6) is -2.15. The van der Waals surface area contributed by atoms with E-state index in [4.69, 9.17) is 0 Å². The van der Waals surface area contributed by atoms with Crippen LogP contribution in [-0.2, 0) is 4.79 Å². The summed E-state index contributed by atoms with van der Waals surface area (Å²) >= 11 is 0. The molecule has 1 unspecified atom stereocenters. The number of benzene rings is 1. The predicted molar refractivity (Wildman–Crippen MR) is 73.3 cm³/mol. The van der Waals surface area contributed by atoms with E-state index in [0.717, 1.165) is 0 Å². The smallest absolute Gasteiger partial charge is 0.209 e. The molecular weight excluding hydrogens is 254 g/mol. The van der Waals surface area contributed by atoms with Gasteiger partial charge in [0, 0.05) is 17.2 Å². The zero-order valence-electron chi connectivity index (χ0n) is 11.4. The number of H-pyrrole nitrogens is 1. The van der Waals surface area contributed by atoms with Crippen molar-refractivity contribution >= 4 is 11.8 Å². The third kappa shape index (κ3) is 2.79. The fourth-order valence-corrected chi connectivity index (χ4v) is 2.23. The van der Waals surface area contributed by atoms with Crippen LogP contribution in [0.2, 0.25) is 0 Å². The number of carbonyl (C=O) groups is 2. The molecule has 0 aliphatic heterocycles. The summed E-state index contributed by atoms with van der Waals surface area (Å²) in [6, 6.07) is 12.1. The van der Waals surface area contributed by atoms with Gasteiger partial charge in [0.2, 0.25) is 5.78 Å². The average Bonchev–Trinajstić information content (AvgIpc) is 2.87. The number of carboxylic acids is 1. The van der Waals surface area contributed by atoms with Crippen LogP contribution in [0.5, 0.6) is 0 Å². The molecule has 1 aromatic carbocycles. The first kappa shape index (κ1) is 14.1. The normalized spacial score (nSPS) is 12.3. The Morgan fingerprint density at radius 1 is 1.05 bits per heavy atom. The van der Waals surface area contributed by atoms with Gasteiger partial charge in [-0.2, -0.15) is 0 Å². The SMILES string of the molecule is CC(C)C(C(=O)[O-])c1ccc(C(=O)c2ccccc2)[nH]1. The summed E-state index contributed by atoms with van der Waals surface area (Å²) in [5, 5.41) is 11.2. The van der Waals surface area contributed by atoms with Crippen molar-refractivity contribution in [3.8, 4) is 0 Å². The van der Waals surface area contributed by atoms with E-state index in [-0.39, 0.29) is 11.7 Å². The number of ketones is 1. The quantitative estimate of drug-likeness (QED) is 0.841. The minimum atomic E-state index is -1.14. The van der Waals surface area contributed by atoms with Crippen molar-refractivity contribution in [1.29, 1.82) is 0 Å². The average molecular weight is 270 g/mol. The molecule has 2 aromatic rings. The summed E-state index contributed by atoms with van der Waals surface area (Å²) in [5.41, 5.74) is 1.45. The summed E-state index contributed by atoms with van der Waals surface area (Å²) < 4.78 is 0. The van der Waals surface area contributed by atoms with Gasteiger partial charge in [-0.15, -0.1) is 0 Å². The molecule has 1 aromatic heterocycles. The van der Waals surface area contributed by atoms with Gasteiger partial charge < -0.3 is 14.9 Å². The van der Waals surface area contributed by atoms with Crippen LogP contribution in [0.3, 0.4) is 0 Å². The number of aromatic amines is 1. The van der Waals surface area contributed by atoms with Gasteiger partial charge in [0.1, 0.15) is 0 Å². The molecule has 1 heterocycles. The molecule has 1 atom stereocenters. The Bertz CT molecular complexity index is 614. The van der Waals surface area contributed by atoms with Crippen LogP contribution in [0.15, 0.2) is 42.5 Å². The Morgan fingerprint density at radius 2 is 1.70 bits per heavy atom. The van der Waals surface area contributed by atoms with Gasteiger partial charge in [0.25, 0.3) is 0 Å². The minimum absolute atomic E-state index is 0.113. The highest BCUT2D eigenvalue weighted by atomic mass is 16.4. The van der Waals surface area contributed by atoms with Crippen LogP contribution in [0.25, 0.3) is 0 Å². The lowest BCUT2D eigenvalue weighted by Gasteiger charge is -2.20. The molecule has 0 saturated carbocycles. The van der Waals surface area contributed by atoms with Gasteiger partial charge >= 0.3 is 0 Å². The summed E-state index contributed by atoms with van der Waals surface area (Å²) in [4.78, 5) is 26.3. The molecule has 20 heavy (non-hydrogen) atoms. The first-order chi connectivity index (χ1) is 9.50. The standard InChI is InChI=1S/C16H17NO3/c1-10(2)14(16(19)20)12-8-9-13(17-12)15(18)11-6-4-3-5-7-11/h3-10,14,17H,1-2H3,(H,19,20)/p-1. The minimum Gasteiger partial charge on any atom is -0.549 e. The van der Waals surface area contributed by atoms with Crippen molar-refractivity contribution in [3.05, 3.63) is 59.4 Å². The highest BCUT2D eigenvalue weighted by Gasteiger charge is 2.20. The number of aliphatic carboxylic acids is 1. The first-order valence-electron chi connectivity index (χ1n) is 6.50. The second-order valence-corrected chi connectivity index (χ2v) is 5.06. The Labute approximate surface area is 117 Å². The molecule has 0 aliphatic rings.